The topological polar surface area (TPSA) is 39.2 Å². The minimum absolute atomic E-state index is 0.211. The molecule has 1 aromatic carbocycles. The molecule has 1 aromatic heterocycles. The van der Waals surface area contributed by atoms with Gasteiger partial charge >= 0.3 is 5.97 Å². The number of methoxy groups -OCH3 is 1. The van der Waals surface area contributed by atoms with Gasteiger partial charge in [-0.15, -0.1) is 0 Å². The molecule has 0 bridgehead atoms. The fourth-order valence-corrected chi connectivity index (χ4v) is 2.12. The van der Waals surface area contributed by atoms with Crippen LogP contribution in [0.3, 0.4) is 0 Å². The lowest BCUT2D eigenvalue weighted by molar-refractivity contribution is -0.139. The summed E-state index contributed by atoms with van der Waals surface area (Å²) < 4.78 is 4.70. The molecule has 2 aromatic rings. The van der Waals surface area contributed by atoms with E-state index in [0.29, 0.717) is 5.15 Å². The zero-order valence-corrected chi connectivity index (χ0v) is 11.1. The predicted octanol–water partition coefficient (Wildman–Crippen LogP) is 3.17. The van der Waals surface area contributed by atoms with Gasteiger partial charge in [-0.05, 0) is 35.7 Å². The van der Waals surface area contributed by atoms with Crippen molar-refractivity contribution in [1.82, 2.24) is 4.98 Å². The van der Waals surface area contributed by atoms with Crippen LogP contribution in [0, 0.1) is 0 Å². The van der Waals surface area contributed by atoms with Crippen molar-refractivity contribution in [2.24, 2.45) is 0 Å². The van der Waals surface area contributed by atoms with Crippen molar-refractivity contribution < 1.29 is 9.53 Å². The van der Waals surface area contributed by atoms with Gasteiger partial charge in [0.2, 0.25) is 0 Å². The lowest BCUT2D eigenvalue weighted by Gasteiger charge is -2.07. The fourth-order valence-electron chi connectivity index (χ4n) is 1.90. The summed E-state index contributed by atoms with van der Waals surface area (Å²) in [5.41, 5.74) is 2.86. The number of carbonyl (C=O) groups excluding carboxylic acids is 1. The van der Waals surface area contributed by atoms with Crippen molar-refractivity contribution >= 4 is 28.5 Å². The van der Waals surface area contributed by atoms with E-state index in [2.05, 4.69) is 18.0 Å². The van der Waals surface area contributed by atoms with E-state index in [1.807, 2.05) is 12.1 Å². The molecule has 2 rings (SSSR count). The lowest BCUT2D eigenvalue weighted by atomic mass is 10.0. The summed E-state index contributed by atoms with van der Waals surface area (Å²) in [7, 11) is 1.38. The largest absolute Gasteiger partial charge is 0.469 e. The highest BCUT2D eigenvalue weighted by Gasteiger charge is 2.10. The second-order valence-electron chi connectivity index (χ2n) is 4.06. The number of rotatable bonds is 3. The summed E-state index contributed by atoms with van der Waals surface area (Å²) in [6.07, 6.45) is 1.15. The number of ether oxygens (including phenoxy) is 1. The standard InChI is InChI=1S/C14H14ClNO2/c1-3-9-4-5-12-11(6-9)10(7-13(15)16-12)8-14(17)18-2/h4-7H,3,8H2,1-2H3. The molecule has 18 heavy (non-hydrogen) atoms. The van der Waals surface area contributed by atoms with Crippen molar-refractivity contribution in [3.05, 3.63) is 40.5 Å². The van der Waals surface area contributed by atoms with Gasteiger partial charge < -0.3 is 4.74 Å². The number of fused-ring (bicyclic) bond motifs is 1. The number of halogens is 1. The first-order valence-corrected chi connectivity index (χ1v) is 6.16. The Morgan fingerprint density at radius 3 is 2.83 bits per heavy atom. The molecule has 0 atom stereocenters. The van der Waals surface area contributed by atoms with Crippen LogP contribution in [0.1, 0.15) is 18.1 Å². The van der Waals surface area contributed by atoms with Gasteiger partial charge in [0.05, 0.1) is 19.0 Å². The van der Waals surface area contributed by atoms with Gasteiger partial charge in [0, 0.05) is 5.39 Å². The highest BCUT2D eigenvalue weighted by atomic mass is 35.5. The van der Waals surface area contributed by atoms with Crippen molar-refractivity contribution in [1.29, 1.82) is 0 Å². The smallest absolute Gasteiger partial charge is 0.310 e. The molecule has 3 nitrogen and oxygen atoms in total. The Morgan fingerprint density at radius 1 is 1.39 bits per heavy atom. The van der Waals surface area contributed by atoms with Crippen LogP contribution in [-0.4, -0.2) is 18.1 Å². The quantitative estimate of drug-likeness (QED) is 0.631. The van der Waals surface area contributed by atoms with E-state index in [4.69, 9.17) is 16.3 Å². The van der Waals surface area contributed by atoms with Crippen molar-refractivity contribution in [3.63, 3.8) is 0 Å². The molecule has 0 fully saturated rings. The minimum atomic E-state index is -0.277. The number of benzene rings is 1. The second kappa shape index (κ2) is 5.36. The van der Waals surface area contributed by atoms with Gasteiger partial charge in [0.1, 0.15) is 5.15 Å². The van der Waals surface area contributed by atoms with Crippen molar-refractivity contribution in [2.75, 3.05) is 7.11 Å². The average molecular weight is 264 g/mol. The molecule has 1 heterocycles. The van der Waals surface area contributed by atoms with Gasteiger partial charge in [-0.1, -0.05) is 24.6 Å². The maximum atomic E-state index is 11.4. The van der Waals surface area contributed by atoms with Crippen LogP contribution in [0.4, 0.5) is 0 Å². The number of pyridine rings is 1. The minimum Gasteiger partial charge on any atom is -0.469 e. The molecule has 0 spiro atoms. The maximum Gasteiger partial charge on any atom is 0.310 e. The molecular weight excluding hydrogens is 250 g/mol. The Kier molecular flexibility index (Phi) is 3.82. The molecule has 0 unspecified atom stereocenters. The number of nitrogens with zero attached hydrogens (tertiary/aromatic N) is 1. The Balaban J connectivity index is 2.57. The molecule has 0 saturated carbocycles. The maximum absolute atomic E-state index is 11.4. The normalized spacial score (nSPS) is 10.6. The molecule has 4 heteroatoms. The third-order valence-electron chi connectivity index (χ3n) is 2.90. The zero-order chi connectivity index (χ0) is 13.1. The van der Waals surface area contributed by atoms with E-state index < -0.39 is 0 Å². The van der Waals surface area contributed by atoms with Gasteiger partial charge in [-0.3, -0.25) is 4.79 Å². The summed E-state index contributed by atoms with van der Waals surface area (Å²) in [5, 5.41) is 1.36. The van der Waals surface area contributed by atoms with E-state index in [9.17, 15) is 4.79 Å². The van der Waals surface area contributed by atoms with Gasteiger partial charge in [0.25, 0.3) is 0 Å². The van der Waals surface area contributed by atoms with E-state index in [1.54, 1.807) is 6.07 Å². The predicted molar refractivity (Wildman–Crippen MR) is 71.9 cm³/mol. The number of aryl methyl sites for hydroxylation is 1. The molecule has 0 amide bonds. The monoisotopic (exact) mass is 263 g/mol. The molecule has 0 aliphatic carbocycles. The molecule has 94 valence electrons. The SMILES string of the molecule is CCc1ccc2nc(Cl)cc(CC(=O)OC)c2c1. The van der Waals surface area contributed by atoms with Gasteiger partial charge in [0.15, 0.2) is 0 Å². The van der Waals surface area contributed by atoms with Crippen LogP contribution >= 0.6 is 11.6 Å². The molecule has 0 aliphatic rings. The average Bonchev–Trinajstić information content (AvgIpc) is 2.38. The van der Waals surface area contributed by atoms with Crippen LogP contribution in [0.15, 0.2) is 24.3 Å². The van der Waals surface area contributed by atoms with Crippen LogP contribution < -0.4 is 0 Å². The van der Waals surface area contributed by atoms with E-state index in [1.165, 1.54) is 12.7 Å². The molecular formula is C14H14ClNO2. The zero-order valence-electron chi connectivity index (χ0n) is 10.4. The molecule has 0 N–H and O–H groups in total. The second-order valence-corrected chi connectivity index (χ2v) is 4.45. The summed E-state index contributed by atoms with van der Waals surface area (Å²) in [6, 6.07) is 7.73. The van der Waals surface area contributed by atoms with Gasteiger partial charge in [-0.25, -0.2) is 4.98 Å². The highest BCUT2D eigenvalue weighted by molar-refractivity contribution is 6.30. The number of hydrogen-bond donors (Lipinski definition) is 0. The van der Waals surface area contributed by atoms with Crippen LogP contribution in [-0.2, 0) is 22.4 Å². The summed E-state index contributed by atoms with van der Waals surface area (Å²) in [4.78, 5) is 15.7. The van der Waals surface area contributed by atoms with E-state index >= 15 is 0 Å². The van der Waals surface area contributed by atoms with E-state index in [0.717, 1.165) is 22.9 Å². The molecule has 0 aliphatic heterocycles. The molecule has 0 saturated heterocycles. The summed E-state index contributed by atoms with van der Waals surface area (Å²) in [6.45, 7) is 2.09. The summed E-state index contributed by atoms with van der Waals surface area (Å²) in [5.74, 6) is -0.277. The Morgan fingerprint density at radius 2 is 2.17 bits per heavy atom. The number of carbonyl (C=O) groups is 1. The first-order valence-electron chi connectivity index (χ1n) is 5.79. The number of aromatic nitrogens is 1. The Hall–Kier alpha value is -1.61. The third-order valence-corrected chi connectivity index (χ3v) is 3.09. The van der Waals surface area contributed by atoms with E-state index in [-0.39, 0.29) is 12.4 Å². The first-order chi connectivity index (χ1) is 8.63. The van der Waals surface area contributed by atoms with Gasteiger partial charge in [-0.2, -0.15) is 0 Å². The highest BCUT2D eigenvalue weighted by Crippen LogP contribution is 2.23. The van der Waals surface area contributed by atoms with Crippen molar-refractivity contribution in [3.8, 4) is 0 Å². The van der Waals surface area contributed by atoms with Crippen LogP contribution in [0.2, 0.25) is 5.15 Å². The van der Waals surface area contributed by atoms with Crippen LogP contribution in [0.5, 0.6) is 0 Å². The Bertz CT molecular complexity index is 596. The molecule has 0 radical (unpaired) electrons. The lowest BCUT2D eigenvalue weighted by Crippen LogP contribution is -2.05. The number of hydrogen-bond acceptors (Lipinski definition) is 3. The third kappa shape index (κ3) is 2.62. The Labute approximate surface area is 111 Å². The fraction of sp³-hybridized carbons (Fsp3) is 0.286. The van der Waals surface area contributed by atoms with Crippen molar-refractivity contribution in [2.45, 2.75) is 19.8 Å². The van der Waals surface area contributed by atoms with Crippen LogP contribution in [0.25, 0.3) is 10.9 Å². The summed E-state index contributed by atoms with van der Waals surface area (Å²) >= 11 is 5.96. The first kappa shape index (κ1) is 12.8. The number of esters is 1.